The molecule has 4 atom stereocenters. The number of rotatable bonds is 4. The molecule has 3 N–H and O–H groups in total. The van der Waals surface area contributed by atoms with Crippen molar-refractivity contribution >= 4 is 47.0 Å². The van der Waals surface area contributed by atoms with Crippen LogP contribution in [0.2, 0.25) is 0 Å². The molecule has 1 aromatic carbocycles. The van der Waals surface area contributed by atoms with E-state index in [2.05, 4.69) is 22.0 Å². The zero-order chi connectivity index (χ0) is 22.3. The highest BCUT2D eigenvalue weighted by Gasteiger charge is 2.40. The predicted molar refractivity (Wildman–Crippen MR) is 124 cm³/mol. The van der Waals surface area contributed by atoms with Crippen molar-refractivity contribution in [3.05, 3.63) is 56.6 Å². The molecule has 0 radical (unpaired) electrons. The summed E-state index contributed by atoms with van der Waals surface area (Å²) >= 11 is 13.8. The predicted octanol–water partition coefficient (Wildman–Crippen LogP) is 3.95. The maximum absolute atomic E-state index is 13.0. The minimum Gasteiger partial charge on any atom is -0.444 e. The molecule has 0 saturated carbocycles. The number of halogens is 2. The Hall–Kier alpha value is -1.83. The first-order valence-electron chi connectivity index (χ1n) is 10.2. The highest BCUT2D eigenvalue weighted by molar-refractivity contribution is 8.05. The van der Waals surface area contributed by atoms with Crippen LogP contribution in [-0.4, -0.2) is 41.5 Å². The number of fused-ring (bicyclic) bond motifs is 2. The van der Waals surface area contributed by atoms with E-state index in [-0.39, 0.29) is 29.2 Å². The van der Waals surface area contributed by atoms with E-state index < -0.39 is 11.7 Å². The van der Waals surface area contributed by atoms with Crippen LogP contribution in [0.4, 0.5) is 4.79 Å². The van der Waals surface area contributed by atoms with Gasteiger partial charge in [-0.3, -0.25) is 4.79 Å². The Bertz CT molecular complexity index is 973. The van der Waals surface area contributed by atoms with Crippen molar-refractivity contribution in [3.63, 3.8) is 0 Å². The maximum Gasteiger partial charge on any atom is 0.407 e. The van der Waals surface area contributed by atoms with E-state index in [1.807, 2.05) is 45.0 Å². The summed E-state index contributed by atoms with van der Waals surface area (Å²) in [5.74, 6) is -0.239. The molecule has 0 bridgehead atoms. The Labute approximate surface area is 196 Å². The molecule has 166 valence electrons. The van der Waals surface area contributed by atoms with Gasteiger partial charge >= 0.3 is 6.09 Å². The van der Waals surface area contributed by atoms with Crippen LogP contribution in [0.15, 0.2) is 45.4 Å². The first kappa shape index (κ1) is 22.4. The van der Waals surface area contributed by atoms with Crippen molar-refractivity contribution in [2.75, 3.05) is 6.54 Å². The molecule has 0 saturated heterocycles. The summed E-state index contributed by atoms with van der Waals surface area (Å²) in [6.07, 6.45) is 2.10. The van der Waals surface area contributed by atoms with E-state index in [9.17, 15) is 9.59 Å². The van der Waals surface area contributed by atoms with Gasteiger partial charge in [0.15, 0.2) is 0 Å². The van der Waals surface area contributed by atoms with Crippen LogP contribution < -0.4 is 16.0 Å². The largest absolute Gasteiger partial charge is 0.444 e. The second kappa shape index (κ2) is 8.60. The molecule has 1 aromatic rings. The van der Waals surface area contributed by atoms with E-state index in [1.54, 1.807) is 0 Å². The van der Waals surface area contributed by atoms with Gasteiger partial charge in [-0.25, -0.2) is 4.79 Å². The smallest absolute Gasteiger partial charge is 0.407 e. The van der Waals surface area contributed by atoms with Gasteiger partial charge in [-0.1, -0.05) is 47.5 Å². The highest BCUT2D eigenvalue weighted by atomic mass is 35.5. The van der Waals surface area contributed by atoms with Crippen molar-refractivity contribution in [2.45, 2.75) is 56.0 Å². The fourth-order valence-corrected chi connectivity index (χ4v) is 5.99. The van der Waals surface area contributed by atoms with Gasteiger partial charge in [-0.05, 0) is 44.4 Å². The molecule has 0 aromatic heterocycles. The molecule has 0 fully saturated rings. The van der Waals surface area contributed by atoms with Gasteiger partial charge in [-0.2, -0.15) is 0 Å². The minimum absolute atomic E-state index is 0.0196. The Balaban J connectivity index is 1.43. The van der Waals surface area contributed by atoms with Crippen molar-refractivity contribution < 1.29 is 14.3 Å². The normalized spacial score (nSPS) is 26.7. The highest BCUT2D eigenvalue weighted by Crippen LogP contribution is 2.45. The summed E-state index contributed by atoms with van der Waals surface area (Å²) < 4.78 is 5.93. The number of nitrogens with one attached hydrogen (secondary N) is 3. The fraction of sp³-hybridized carbons (Fsp3) is 0.455. The third kappa shape index (κ3) is 4.83. The summed E-state index contributed by atoms with van der Waals surface area (Å²) in [4.78, 5) is 25.2. The Morgan fingerprint density at radius 1 is 1.26 bits per heavy atom. The zero-order valence-electron chi connectivity index (χ0n) is 17.5. The van der Waals surface area contributed by atoms with Crippen LogP contribution in [0.1, 0.15) is 37.8 Å². The number of hydrogen-bond acceptors (Lipinski definition) is 5. The maximum atomic E-state index is 13.0. The third-order valence-corrected chi connectivity index (χ3v) is 7.69. The number of hydrogen-bond donors (Lipinski definition) is 3. The average molecular weight is 482 g/mol. The summed E-state index contributed by atoms with van der Waals surface area (Å²) in [6, 6.07) is 7.75. The molecular weight excluding hydrogens is 457 g/mol. The second-order valence-electron chi connectivity index (χ2n) is 8.88. The lowest BCUT2D eigenvalue weighted by Gasteiger charge is -2.24. The lowest BCUT2D eigenvalue weighted by molar-refractivity contribution is -0.118. The standard InChI is InChI=1S/C22H25Cl2N3O3S/c1-22(2,3)30-21(29)25-10-13-12-7-5-4-6-11(12)8-14(13)27-20(28)15-9-16-18(26-15)17(23)19(24)31-16/h4-7,9,13-14,16,18,26H,8,10H2,1-3H3,(H,25,29)(H,27,28)/t13-,14+,16?,18?/m0/s1. The molecule has 2 heterocycles. The van der Waals surface area contributed by atoms with Gasteiger partial charge in [0.05, 0.1) is 26.4 Å². The molecule has 6 nitrogen and oxygen atoms in total. The van der Waals surface area contributed by atoms with E-state index in [0.29, 0.717) is 28.1 Å². The quantitative estimate of drug-likeness (QED) is 0.606. The van der Waals surface area contributed by atoms with Gasteiger partial charge in [0, 0.05) is 18.5 Å². The molecular formula is C22H25Cl2N3O3S. The molecule has 4 rings (SSSR count). The summed E-state index contributed by atoms with van der Waals surface area (Å²) in [6.45, 7) is 5.84. The molecule has 2 aliphatic heterocycles. The van der Waals surface area contributed by atoms with E-state index in [1.165, 1.54) is 17.3 Å². The van der Waals surface area contributed by atoms with E-state index >= 15 is 0 Å². The third-order valence-electron chi connectivity index (χ3n) is 5.48. The van der Waals surface area contributed by atoms with E-state index in [0.717, 1.165) is 5.56 Å². The molecule has 2 amide bonds. The topological polar surface area (TPSA) is 79.5 Å². The number of ether oxygens (including phenoxy) is 1. The number of amides is 2. The van der Waals surface area contributed by atoms with Gasteiger partial charge < -0.3 is 20.7 Å². The van der Waals surface area contributed by atoms with Crippen LogP contribution in [0.25, 0.3) is 0 Å². The Kier molecular flexibility index (Phi) is 6.21. The monoisotopic (exact) mass is 481 g/mol. The summed E-state index contributed by atoms with van der Waals surface area (Å²) in [5.41, 5.74) is 2.23. The number of alkyl carbamates (subject to hydrolysis) is 1. The number of thioether (sulfide) groups is 1. The van der Waals surface area contributed by atoms with Crippen molar-refractivity contribution in [2.24, 2.45) is 0 Å². The van der Waals surface area contributed by atoms with Crippen molar-refractivity contribution in [3.8, 4) is 0 Å². The minimum atomic E-state index is -0.569. The molecule has 3 aliphatic rings. The second-order valence-corrected chi connectivity index (χ2v) is 11.1. The SMILES string of the molecule is CC(C)(C)OC(=O)NC[C@H]1c2ccccc2C[C@H]1NC(=O)C1=CC2SC(Cl)=C(Cl)C2N1. The van der Waals surface area contributed by atoms with Crippen LogP contribution >= 0.6 is 35.0 Å². The summed E-state index contributed by atoms with van der Waals surface area (Å²) in [7, 11) is 0. The average Bonchev–Trinajstić information content (AvgIpc) is 3.32. The van der Waals surface area contributed by atoms with Crippen LogP contribution in [-0.2, 0) is 16.0 Å². The number of carbonyl (C=O) groups excluding carboxylic acids is 2. The van der Waals surface area contributed by atoms with Crippen molar-refractivity contribution in [1.29, 1.82) is 0 Å². The first-order valence-corrected chi connectivity index (χ1v) is 11.8. The van der Waals surface area contributed by atoms with Crippen LogP contribution in [0.5, 0.6) is 0 Å². The molecule has 31 heavy (non-hydrogen) atoms. The number of carbonyl (C=O) groups is 2. The lowest BCUT2D eigenvalue weighted by Crippen LogP contribution is -2.45. The van der Waals surface area contributed by atoms with Crippen LogP contribution in [0, 0.1) is 0 Å². The lowest BCUT2D eigenvalue weighted by atomic mass is 9.98. The molecule has 2 unspecified atom stereocenters. The van der Waals surface area contributed by atoms with Gasteiger partial charge in [0.1, 0.15) is 5.60 Å². The molecule has 0 spiro atoms. The fourth-order valence-electron chi connectivity index (χ4n) is 4.14. The zero-order valence-corrected chi connectivity index (χ0v) is 19.8. The summed E-state index contributed by atoms with van der Waals surface area (Å²) in [5, 5.41) is 9.74. The van der Waals surface area contributed by atoms with Gasteiger partial charge in [0.25, 0.3) is 5.91 Å². The molecule has 1 aliphatic carbocycles. The molecule has 9 heteroatoms. The Morgan fingerprint density at radius 3 is 2.71 bits per heavy atom. The first-order chi connectivity index (χ1) is 14.6. The van der Waals surface area contributed by atoms with Crippen LogP contribution in [0.3, 0.4) is 0 Å². The Morgan fingerprint density at radius 2 is 2.00 bits per heavy atom. The van der Waals surface area contributed by atoms with Gasteiger partial charge in [0.2, 0.25) is 0 Å². The number of benzene rings is 1. The van der Waals surface area contributed by atoms with E-state index in [4.69, 9.17) is 27.9 Å². The van der Waals surface area contributed by atoms with Gasteiger partial charge in [-0.15, -0.1) is 11.8 Å². The van der Waals surface area contributed by atoms with Crippen molar-refractivity contribution in [1.82, 2.24) is 16.0 Å².